The number of likely N-dealkylation sites (N-methyl/N-ethyl adjacent to an activating group) is 1. The van der Waals surface area contributed by atoms with Crippen LogP contribution in [0.1, 0.15) is 50.7 Å². The molecule has 0 unspecified atom stereocenters. The highest BCUT2D eigenvalue weighted by Gasteiger charge is 2.33. The average Bonchev–Trinajstić information content (AvgIpc) is 2.46. The molecule has 1 saturated heterocycles. The van der Waals surface area contributed by atoms with Crippen LogP contribution in [-0.2, 0) is 10.2 Å². The van der Waals surface area contributed by atoms with Gasteiger partial charge in [0.1, 0.15) is 0 Å². The van der Waals surface area contributed by atoms with Gasteiger partial charge in [-0.25, -0.2) is 0 Å². The fraction of sp³-hybridized carbons (Fsp3) is 0.647. The van der Waals surface area contributed by atoms with E-state index < -0.39 is 0 Å². The third-order valence-electron chi connectivity index (χ3n) is 4.35. The van der Waals surface area contributed by atoms with Gasteiger partial charge in [-0.15, -0.1) is 0 Å². The summed E-state index contributed by atoms with van der Waals surface area (Å²) < 4.78 is 5.56. The molecule has 1 fully saturated rings. The quantitative estimate of drug-likeness (QED) is 0.876. The molecule has 1 heterocycles. The molecule has 1 aliphatic heterocycles. The van der Waals surface area contributed by atoms with E-state index in [-0.39, 0.29) is 5.41 Å². The average molecular weight is 261 g/mol. The van der Waals surface area contributed by atoms with Crippen molar-refractivity contribution in [2.24, 2.45) is 0 Å². The fourth-order valence-electron chi connectivity index (χ4n) is 2.92. The van der Waals surface area contributed by atoms with E-state index in [2.05, 4.69) is 50.4 Å². The van der Waals surface area contributed by atoms with E-state index in [1.807, 2.05) is 0 Å². The zero-order valence-electron chi connectivity index (χ0n) is 12.5. The molecule has 0 aromatic heterocycles. The molecule has 0 radical (unpaired) electrons. The van der Waals surface area contributed by atoms with Gasteiger partial charge in [0, 0.05) is 25.2 Å². The molecule has 106 valence electrons. The zero-order valence-corrected chi connectivity index (χ0v) is 12.5. The molecular formula is C17H27NO. The summed E-state index contributed by atoms with van der Waals surface area (Å²) in [6.07, 6.45) is 2.25. The van der Waals surface area contributed by atoms with Crippen molar-refractivity contribution in [1.29, 1.82) is 0 Å². The molecule has 0 amide bonds. The highest BCUT2D eigenvalue weighted by atomic mass is 16.5. The Balaban J connectivity index is 2.21. The van der Waals surface area contributed by atoms with Crippen LogP contribution in [-0.4, -0.2) is 26.3 Å². The fourth-order valence-corrected chi connectivity index (χ4v) is 2.92. The minimum atomic E-state index is 0.268. The molecular weight excluding hydrogens is 234 g/mol. The second kappa shape index (κ2) is 6.53. The number of hydrogen-bond donors (Lipinski definition) is 1. The maximum absolute atomic E-state index is 5.56. The third kappa shape index (κ3) is 3.37. The maximum Gasteiger partial charge on any atom is 0.0475 e. The molecule has 2 heteroatoms. The largest absolute Gasteiger partial charge is 0.381 e. The highest BCUT2D eigenvalue weighted by Crippen LogP contribution is 2.34. The maximum atomic E-state index is 5.56. The zero-order chi connectivity index (χ0) is 13.7. The smallest absolute Gasteiger partial charge is 0.0475 e. The first-order valence-corrected chi connectivity index (χ1v) is 7.57. The summed E-state index contributed by atoms with van der Waals surface area (Å²) in [5.74, 6) is 0.605. The third-order valence-corrected chi connectivity index (χ3v) is 4.35. The Labute approximate surface area is 117 Å². The molecule has 1 aromatic rings. The first kappa shape index (κ1) is 14.5. The van der Waals surface area contributed by atoms with Crippen molar-refractivity contribution in [3.05, 3.63) is 35.4 Å². The van der Waals surface area contributed by atoms with Crippen LogP contribution in [0.15, 0.2) is 24.3 Å². The SMILES string of the molecule is CCNCC1(c2ccc(C(C)C)cc2)CCOCC1. The van der Waals surface area contributed by atoms with Crippen molar-refractivity contribution in [3.8, 4) is 0 Å². The van der Waals surface area contributed by atoms with Crippen molar-refractivity contribution in [2.45, 2.75) is 44.9 Å². The summed E-state index contributed by atoms with van der Waals surface area (Å²) >= 11 is 0. The van der Waals surface area contributed by atoms with E-state index in [4.69, 9.17) is 4.74 Å². The van der Waals surface area contributed by atoms with Gasteiger partial charge < -0.3 is 10.1 Å². The van der Waals surface area contributed by atoms with Gasteiger partial charge in [-0.05, 0) is 36.4 Å². The van der Waals surface area contributed by atoms with Gasteiger partial charge in [0.15, 0.2) is 0 Å². The summed E-state index contributed by atoms with van der Waals surface area (Å²) in [6, 6.07) is 9.25. The Hall–Kier alpha value is -0.860. The van der Waals surface area contributed by atoms with Crippen molar-refractivity contribution in [1.82, 2.24) is 5.32 Å². The summed E-state index contributed by atoms with van der Waals surface area (Å²) in [5, 5.41) is 3.54. The molecule has 0 saturated carbocycles. The number of benzene rings is 1. The highest BCUT2D eigenvalue weighted by molar-refractivity contribution is 5.31. The van der Waals surface area contributed by atoms with Gasteiger partial charge in [0.25, 0.3) is 0 Å². The van der Waals surface area contributed by atoms with Crippen LogP contribution >= 0.6 is 0 Å². The molecule has 0 bridgehead atoms. The van der Waals surface area contributed by atoms with Crippen LogP contribution in [0.3, 0.4) is 0 Å². The van der Waals surface area contributed by atoms with Crippen molar-refractivity contribution < 1.29 is 4.74 Å². The van der Waals surface area contributed by atoms with Crippen molar-refractivity contribution in [2.75, 3.05) is 26.3 Å². The Morgan fingerprint density at radius 3 is 2.32 bits per heavy atom. The minimum Gasteiger partial charge on any atom is -0.381 e. The molecule has 2 nitrogen and oxygen atoms in total. The molecule has 1 N–H and O–H groups in total. The number of ether oxygens (including phenoxy) is 1. The summed E-state index contributed by atoms with van der Waals surface area (Å²) in [4.78, 5) is 0. The van der Waals surface area contributed by atoms with Crippen LogP contribution in [0.4, 0.5) is 0 Å². The Kier molecular flexibility index (Phi) is 5.00. The van der Waals surface area contributed by atoms with Crippen molar-refractivity contribution in [3.63, 3.8) is 0 Å². The molecule has 2 rings (SSSR count). The molecule has 1 aliphatic rings. The van der Waals surface area contributed by atoms with Gasteiger partial charge in [-0.3, -0.25) is 0 Å². The second-order valence-electron chi connectivity index (χ2n) is 5.95. The van der Waals surface area contributed by atoms with E-state index >= 15 is 0 Å². The first-order valence-electron chi connectivity index (χ1n) is 7.57. The van der Waals surface area contributed by atoms with Crippen molar-refractivity contribution >= 4 is 0 Å². The number of nitrogens with one attached hydrogen (secondary N) is 1. The molecule has 0 spiro atoms. The Morgan fingerprint density at radius 1 is 1.16 bits per heavy atom. The monoisotopic (exact) mass is 261 g/mol. The predicted molar refractivity (Wildman–Crippen MR) is 80.8 cm³/mol. The topological polar surface area (TPSA) is 21.3 Å². The lowest BCUT2D eigenvalue weighted by Crippen LogP contribution is -2.42. The molecule has 19 heavy (non-hydrogen) atoms. The van der Waals surface area contributed by atoms with E-state index in [9.17, 15) is 0 Å². The van der Waals surface area contributed by atoms with Gasteiger partial charge >= 0.3 is 0 Å². The van der Waals surface area contributed by atoms with Gasteiger partial charge in [0.2, 0.25) is 0 Å². The summed E-state index contributed by atoms with van der Waals surface area (Å²) in [5.41, 5.74) is 3.17. The van der Waals surface area contributed by atoms with E-state index in [0.29, 0.717) is 5.92 Å². The number of hydrogen-bond acceptors (Lipinski definition) is 2. The standard InChI is InChI=1S/C17H27NO/c1-4-18-13-17(9-11-19-12-10-17)16-7-5-15(6-8-16)14(2)3/h5-8,14,18H,4,9-13H2,1-3H3. The first-order chi connectivity index (χ1) is 9.18. The summed E-state index contributed by atoms with van der Waals surface area (Å²) in [7, 11) is 0. The second-order valence-corrected chi connectivity index (χ2v) is 5.95. The Morgan fingerprint density at radius 2 is 1.79 bits per heavy atom. The van der Waals surface area contributed by atoms with Crippen LogP contribution in [0.2, 0.25) is 0 Å². The summed E-state index contributed by atoms with van der Waals surface area (Å²) in [6.45, 7) is 10.5. The van der Waals surface area contributed by atoms with E-state index in [1.54, 1.807) is 0 Å². The van der Waals surface area contributed by atoms with Crippen LogP contribution in [0, 0.1) is 0 Å². The molecule has 0 atom stereocenters. The predicted octanol–water partition coefficient (Wildman–Crippen LogP) is 3.47. The van der Waals surface area contributed by atoms with E-state index in [0.717, 1.165) is 39.1 Å². The van der Waals surface area contributed by atoms with E-state index in [1.165, 1.54) is 11.1 Å². The van der Waals surface area contributed by atoms with Gasteiger partial charge in [-0.1, -0.05) is 45.0 Å². The number of rotatable bonds is 5. The molecule has 1 aromatic carbocycles. The normalized spacial score (nSPS) is 18.7. The Bertz CT molecular complexity index is 377. The minimum absolute atomic E-state index is 0.268. The van der Waals surface area contributed by atoms with Crippen LogP contribution in [0.25, 0.3) is 0 Å². The van der Waals surface area contributed by atoms with Crippen LogP contribution < -0.4 is 5.32 Å². The lowest BCUT2D eigenvalue weighted by atomic mass is 9.73. The lowest BCUT2D eigenvalue weighted by molar-refractivity contribution is 0.0501. The van der Waals surface area contributed by atoms with Crippen LogP contribution in [0.5, 0.6) is 0 Å². The lowest BCUT2D eigenvalue weighted by Gasteiger charge is -2.38. The van der Waals surface area contributed by atoms with Gasteiger partial charge in [0.05, 0.1) is 0 Å². The van der Waals surface area contributed by atoms with Gasteiger partial charge in [-0.2, -0.15) is 0 Å². The molecule has 0 aliphatic carbocycles.